The second-order valence-electron chi connectivity index (χ2n) is 6.32. The normalized spacial score (nSPS) is 10.2. The summed E-state index contributed by atoms with van der Waals surface area (Å²) in [5.41, 5.74) is 2.75. The third-order valence-corrected chi connectivity index (χ3v) is 5.18. The first-order valence-electron chi connectivity index (χ1n) is 9.14. The van der Waals surface area contributed by atoms with Gasteiger partial charge in [0.25, 0.3) is 5.91 Å². The number of aromatic nitrogens is 2. The Balaban J connectivity index is 1.43. The predicted octanol–water partition coefficient (Wildman–Crippen LogP) is 4.91. The molecule has 0 radical (unpaired) electrons. The van der Waals surface area contributed by atoms with E-state index in [2.05, 4.69) is 21.6 Å². The largest absolute Gasteiger partial charge is 0.489 e. The van der Waals surface area contributed by atoms with Gasteiger partial charge in [-0.25, -0.2) is 0 Å². The van der Waals surface area contributed by atoms with Crippen molar-refractivity contribution in [1.29, 1.82) is 5.26 Å². The van der Waals surface area contributed by atoms with Crippen molar-refractivity contribution in [1.82, 2.24) is 10.2 Å². The molecule has 7 heteroatoms. The van der Waals surface area contributed by atoms with Gasteiger partial charge in [0.2, 0.25) is 5.13 Å². The number of carbonyl (C=O) groups is 1. The van der Waals surface area contributed by atoms with Gasteiger partial charge in [-0.3, -0.25) is 10.1 Å². The van der Waals surface area contributed by atoms with Crippen LogP contribution in [0.1, 0.15) is 21.5 Å². The molecule has 0 saturated heterocycles. The minimum absolute atomic E-state index is 0.242. The summed E-state index contributed by atoms with van der Waals surface area (Å²) in [7, 11) is 0. The van der Waals surface area contributed by atoms with Crippen LogP contribution in [-0.4, -0.2) is 16.1 Å². The maximum atomic E-state index is 12.6. The van der Waals surface area contributed by atoms with Gasteiger partial charge < -0.3 is 4.74 Å². The molecule has 4 rings (SSSR count). The number of ether oxygens (including phenoxy) is 1. The first-order chi connectivity index (χ1) is 14.7. The Hall–Kier alpha value is -4.02. The number of hydrogen-bond donors (Lipinski definition) is 1. The van der Waals surface area contributed by atoms with Crippen molar-refractivity contribution in [3.05, 3.63) is 95.6 Å². The molecule has 0 aliphatic heterocycles. The SMILES string of the molecule is N#Cc1ccccc1COc1cccc(C(=O)Nc2nnc(-c3ccccc3)s2)c1. The Morgan fingerprint density at radius 1 is 1.00 bits per heavy atom. The zero-order valence-electron chi connectivity index (χ0n) is 15.8. The molecular weight excluding hydrogens is 396 g/mol. The van der Waals surface area contributed by atoms with E-state index in [0.29, 0.717) is 22.0 Å². The van der Waals surface area contributed by atoms with E-state index in [4.69, 9.17) is 4.74 Å². The fourth-order valence-electron chi connectivity index (χ4n) is 2.78. The second kappa shape index (κ2) is 8.99. The van der Waals surface area contributed by atoms with Gasteiger partial charge in [-0.2, -0.15) is 5.26 Å². The smallest absolute Gasteiger partial charge is 0.257 e. The van der Waals surface area contributed by atoms with Gasteiger partial charge in [-0.15, -0.1) is 10.2 Å². The van der Waals surface area contributed by atoms with E-state index in [1.165, 1.54) is 11.3 Å². The predicted molar refractivity (Wildman–Crippen MR) is 115 cm³/mol. The van der Waals surface area contributed by atoms with Gasteiger partial charge in [0, 0.05) is 16.7 Å². The minimum atomic E-state index is -0.298. The number of nitriles is 1. The van der Waals surface area contributed by atoms with E-state index >= 15 is 0 Å². The molecule has 0 aliphatic carbocycles. The van der Waals surface area contributed by atoms with E-state index < -0.39 is 0 Å². The fraction of sp³-hybridized carbons (Fsp3) is 0.0435. The minimum Gasteiger partial charge on any atom is -0.489 e. The van der Waals surface area contributed by atoms with Crippen molar-refractivity contribution in [3.63, 3.8) is 0 Å². The molecule has 30 heavy (non-hydrogen) atoms. The third kappa shape index (κ3) is 4.51. The van der Waals surface area contributed by atoms with Crippen LogP contribution in [0.25, 0.3) is 10.6 Å². The van der Waals surface area contributed by atoms with Crippen LogP contribution in [-0.2, 0) is 6.61 Å². The van der Waals surface area contributed by atoms with Crippen LogP contribution >= 0.6 is 11.3 Å². The summed E-state index contributed by atoms with van der Waals surface area (Å²) in [6, 6.07) is 25.9. The van der Waals surface area contributed by atoms with Gasteiger partial charge in [0.15, 0.2) is 0 Å². The van der Waals surface area contributed by atoms with Crippen LogP contribution in [0.3, 0.4) is 0 Å². The number of benzene rings is 3. The molecule has 1 amide bonds. The van der Waals surface area contributed by atoms with Crippen LogP contribution in [0, 0.1) is 11.3 Å². The molecule has 1 N–H and O–H groups in total. The van der Waals surface area contributed by atoms with Crippen molar-refractivity contribution in [2.24, 2.45) is 0 Å². The molecule has 3 aromatic carbocycles. The summed E-state index contributed by atoms with van der Waals surface area (Å²) >= 11 is 1.31. The van der Waals surface area contributed by atoms with Crippen molar-refractivity contribution in [3.8, 4) is 22.4 Å². The quantitative estimate of drug-likeness (QED) is 0.486. The summed E-state index contributed by atoms with van der Waals surface area (Å²) in [6.07, 6.45) is 0. The van der Waals surface area contributed by atoms with Gasteiger partial charge in [0.1, 0.15) is 17.4 Å². The summed E-state index contributed by atoms with van der Waals surface area (Å²) in [4.78, 5) is 12.6. The van der Waals surface area contributed by atoms with E-state index in [9.17, 15) is 10.1 Å². The number of hydrogen-bond acceptors (Lipinski definition) is 6. The van der Waals surface area contributed by atoms with Crippen LogP contribution in [0.2, 0.25) is 0 Å². The number of nitrogens with one attached hydrogen (secondary N) is 1. The highest BCUT2D eigenvalue weighted by Gasteiger charge is 2.12. The van der Waals surface area contributed by atoms with E-state index in [1.54, 1.807) is 30.3 Å². The molecule has 0 bridgehead atoms. The Morgan fingerprint density at radius 3 is 2.63 bits per heavy atom. The maximum absolute atomic E-state index is 12.6. The third-order valence-electron chi connectivity index (χ3n) is 4.29. The molecule has 4 aromatic rings. The summed E-state index contributed by atoms with van der Waals surface area (Å²) in [6.45, 7) is 0.242. The number of nitrogens with zero attached hydrogens (tertiary/aromatic N) is 3. The Kier molecular flexibility index (Phi) is 5.78. The average molecular weight is 412 g/mol. The lowest BCUT2D eigenvalue weighted by Crippen LogP contribution is -2.11. The standard InChI is InChI=1S/C23H16N4O2S/c24-14-18-9-4-5-10-19(18)15-29-20-12-6-11-17(13-20)21(28)25-23-27-26-22(30-23)16-7-2-1-3-8-16/h1-13H,15H2,(H,25,27,28). The number of anilines is 1. The number of amides is 1. The molecule has 6 nitrogen and oxygen atoms in total. The van der Waals surface area contributed by atoms with Crippen LogP contribution in [0.15, 0.2) is 78.9 Å². The molecular formula is C23H16N4O2S. The lowest BCUT2D eigenvalue weighted by molar-refractivity contribution is 0.102. The summed E-state index contributed by atoms with van der Waals surface area (Å²) < 4.78 is 5.78. The lowest BCUT2D eigenvalue weighted by Gasteiger charge is -2.09. The molecule has 146 valence electrons. The molecule has 1 aromatic heterocycles. The average Bonchev–Trinajstić information content (AvgIpc) is 3.27. The zero-order valence-corrected chi connectivity index (χ0v) is 16.6. The van der Waals surface area contributed by atoms with Crippen LogP contribution in [0.4, 0.5) is 5.13 Å². The topological polar surface area (TPSA) is 87.9 Å². The Labute approximate surface area is 177 Å². The van der Waals surface area contributed by atoms with E-state index in [1.807, 2.05) is 48.5 Å². The van der Waals surface area contributed by atoms with E-state index in [-0.39, 0.29) is 12.5 Å². The second-order valence-corrected chi connectivity index (χ2v) is 7.30. The summed E-state index contributed by atoms with van der Waals surface area (Å²) in [5, 5.41) is 21.3. The highest BCUT2D eigenvalue weighted by Crippen LogP contribution is 2.26. The first-order valence-corrected chi connectivity index (χ1v) is 9.96. The molecule has 0 saturated carbocycles. The van der Waals surface area contributed by atoms with Crippen molar-refractivity contribution >= 4 is 22.4 Å². The van der Waals surface area contributed by atoms with Gasteiger partial charge in [-0.1, -0.05) is 65.9 Å². The molecule has 0 spiro atoms. The van der Waals surface area contributed by atoms with E-state index in [0.717, 1.165) is 16.1 Å². The van der Waals surface area contributed by atoms with Crippen molar-refractivity contribution < 1.29 is 9.53 Å². The molecule has 0 fully saturated rings. The monoisotopic (exact) mass is 412 g/mol. The number of rotatable bonds is 6. The fourth-order valence-corrected chi connectivity index (χ4v) is 3.53. The molecule has 0 aliphatic rings. The number of carbonyl (C=O) groups excluding carboxylic acids is 1. The molecule has 1 heterocycles. The van der Waals surface area contributed by atoms with Gasteiger partial charge >= 0.3 is 0 Å². The Bertz CT molecular complexity index is 1220. The molecule has 0 unspecified atom stereocenters. The van der Waals surface area contributed by atoms with Crippen LogP contribution < -0.4 is 10.1 Å². The highest BCUT2D eigenvalue weighted by atomic mass is 32.1. The van der Waals surface area contributed by atoms with Gasteiger partial charge in [0.05, 0.1) is 11.6 Å². The Morgan fingerprint density at radius 2 is 1.80 bits per heavy atom. The van der Waals surface area contributed by atoms with Crippen LogP contribution in [0.5, 0.6) is 5.75 Å². The summed E-state index contributed by atoms with van der Waals surface area (Å²) in [5.74, 6) is 0.242. The zero-order chi connectivity index (χ0) is 20.8. The first kappa shape index (κ1) is 19.3. The maximum Gasteiger partial charge on any atom is 0.257 e. The lowest BCUT2D eigenvalue weighted by atomic mass is 10.1. The molecule has 0 atom stereocenters. The van der Waals surface area contributed by atoms with Crippen molar-refractivity contribution in [2.45, 2.75) is 6.61 Å². The van der Waals surface area contributed by atoms with Gasteiger partial charge in [-0.05, 0) is 24.3 Å². The highest BCUT2D eigenvalue weighted by molar-refractivity contribution is 7.18. The van der Waals surface area contributed by atoms with Crippen molar-refractivity contribution in [2.75, 3.05) is 5.32 Å².